The maximum absolute atomic E-state index is 12.3. The first-order valence-electron chi connectivity index (χ1n) is 6.55. The number of hydrogen-bond acceptors (Lipinski definition) is 5. The molecule has 1 N–H and O–H groups in total. The van der Waals surface area contributed by atoms with Gasteiger partial charge in [0.05, 0.1) is 24.2 Å². The summed E-state index contributed by atoms with van der Waals surface area (Å²) in [6.45, 7) is 1.96. The van der Waals surface area contributed by atoms with Crippen LogP contribution in [0.1, 0.15) is 11.3 Å². The molecule has 0 aliphatic heterocycles. The minimum atomic E-state index is -3.58. The number of rotatable bonds is 5. The summed E-state index contributed by atoms with van der Waals surface area (Å²) in [7, 11) is -2.02. The van der Waals surface area contributed by atoms with Gasteiger partial charge in [-0.25, -0.2) is 18.1 Å². The molecule has 116 valence electrons. The summed E-state index contributed by atoms with van der Waals surface area (Å²) in [6.07, 6.45) is 3.70. The minimum Gasteiger partial charge on any atom is -0.496 e. The van der Waals surface area contributed by atoms with Crippen molar-refractivity contribution in [2.75, 3.05) is 7.11 Å². The van der Waals surface area contributed by atoms with E-state index in [0.717, 1.165) is 10.5 Å². The molecule has 0 fully saturated rings. The highest BCUT2D eigenvalue weighted by Crippen LogP contribution is 2.21. The van der Waals surface area contributed by atoms with Crippen LogP contribution in [0.4, 0.5) is 0 Å². The lowest BCUT2D eigenvalue weighted by Crippen LogP contribution is -2.23. The van der Waals surface area contributed by atoms with Crippen molar-refractivity contribution in [1.29, 1.82) is 0 Å². The number of thiazole rings is 1. The number of benzene rings is 1. The van der Waals surface area contributed by atoms with Gasteiger partial charge in [0, 0.05) is 17.8 Å². The molecule has 1 aromatic carbocycles. The first kappa shape index (κ1) is 15.0. The SMILES string of the molecule is COc1ccc(S(=O)(=O)NCc2cn3ccsc3n2)cc1C. The van der Waals surface area contributed by atoms with Gasteiger partial charge in [-0.1, -0.05) is 0 Å². The van der Waals surface area contributed by atoms with Crippen molar-refractivity contribution in [3.8, 4) is 5.75 Å². The molecule has 0 aliphatic carbocycles. The summed E-state index contributed by atoms with van der Waals surface area (Å²) < 4.78 is 34.2. The number of methoxy groups -OCH3 is 1. The Morgan fingerprint density at radius 3 is 2.91 bits per heavy atom. The Kier molecular flexibility index (Phi) is 3.90. The van der Waals surface area contributed by atoms with Gasteiger partial charge in [-0.15, -0.1) is 11.3 Å². The second-order valence-corrected chi connectivity index (χ2v) is 7.42. The van der Waals surface area contributed by atoms with E-state index in [1.807, 2.05) is 22.2 Å². The molecule has 22 heavy (non-hydrogen) atoms. The summed E-state index contributed by atoms with van der Waals surface area (Å²) in [4.78, 5) is 5.41. The first-order valence-corrected chi connectivity index (χ1v) is 8.91. The Bertz CT molecular complexity index is 884. The summed E-state index contributed by atoms with van der Waals surface area (Å²) in [5.74, 6) is 0.660. The molecule has 0 saturated carbocycles. The van der Waals surface area contributed by atoms with Crippen LogP contribution in [0.2, 0.25) is 0 Å². The second kappa shape index (κ2) is 5.71. The Labute approximate surface area is 132 Å². The van der Waals surface area contributed by atoms with Crippen LogP contribution in [0.15, 0.2) is 40.9 Å². The first-order chi connectivity index (χ1) is 10.5. The summed E-state index contributed by atoms with van der Waals surface area (Å²) in [5, 5.41) is 1.93. The van der Waals surface area contributed by atoms with Gasteiger partial charge in [0.15, 0.2) is 4.96 Å². The van der Waals surface area contributed by atoms with E-state index in [4.69, 9.17) is 4.74 Å². The highest BCUT2D eigenvalue weighted by molar-refractivity contribution is 7.89. The second-order valence-electron chi connectivity index (χ2n) is 4.78. The smallest absolute Gasteiger partial charge is 0.240 e. The fourth-order valence-electron chi connectivity index (χ4n) is 2.13. The Morgan fingerprint density at radius 2 is 2.23 bits per heavy atom. The largest absolute Gasteiger partial charge is 0.496 e. The predicted molar refractivity (Wildman–Crippen MR) is 84.8 cm³/mol. The molecule has 0 saturated heterocycles. The molecule has 0 spiro atoms. The summed E-state index contributed by atoms with van der Waals surface area (Å²) >= 11 is 1.50. The van der Waals surface area contributed by atoms with E-state index in [9.17, 15) is 8.42 Å². The third kappa shape index (κ3) is 2.85. The van der Waals surface area contributed by atoms with Crippen LogP contribution in [0.25, 0.3) is 4.96 Å². The summed E-state index contributed by atoms with van der Waals surface area (Å²) in [5.41, 5.74) is 1.45. The number of sulfonamides is 1. The maximum atomic E-state index is 12.3. The average Bonchev–Trinajstić information content (AvgIpc) is 3.06. The van der Waals surface area contributed by atoms with E-state index in [1.54, 1.807) is 26.2 Å². The fourth-order valence-corrected chi connectivity index (χ4v) is 3.93. The molecular weight excluding hydrogens is 322 g/mol. The number of hydrogen-bond donors (Lipinski definition) is 1. The topological polar surface area (TPSA) is 72.7 Å². The van der Waals surface area contributed by atoms with E-state index >= 15 is 0 Å². The van der Waals surface area contributed by atoms with Crippen molar-refractivity contribution < 1.29 is 13.2 Å². The van der Waals surface area contributed by atoms with Gasteiger partial charge in [0.2, 0.25) is 10.0 Å². The molecule has 3 rings (SSSR count). The molecule has 6 nitrogen and oxygen atoms in total. The minimum absolute atomic E-state index is 0.155. The molecule has 0 bridgehead atoms. The van der Waals surface area contributed by atoms with Crippen molar-refractivity contribution in [1.82, 2.24) is 14.1 Å². The van der Waals surface area contributed by atoms with Gasteiger partial charge >= 0.3 is 0 Å². The van der Waals surface area contributed by atoms with E-state index in [2.05, 4.69) is 9.71 Å². The Balaban J connectivity index is 1.78. The summed E-state index contributed by atoms with van der Waals surface area (Å²) in [6, 6.07) is 4.77. The van der Waals surface area contributed by atoms with E-state index in [-0.39, 0.29) is 11.4 Å². The molecule has 3 aromatic rings. The molecule has 0 radical (unpaired) electrons. The number of nitrogens with one attached hydrogen (secondary N) is 1. The molecule has 0 aliphatic rings. The van der Waals surface area contributed by atoms with Crippen molar-refractivity contribution in [2.45, 2.75) is 18.4 Å². The third-order valence-electron chi connectivity index (χ3n) is 3.26. The maximum Gasteiger partial charge on any atom is 0.240 e. The molecule has 8 heteroatoms. The zero-order valence-corrected chi connectivity index (χ0v) is 13.7. The van der Waals surface area contributed by atoms with Gasteiger partial charge in [-0.3, -0.25) is 4.40 Å². The number of aryl methyl sites for hydroxylation is 1. The van der Waals surface area contributed by atoms with Gasteiger partial charge < -0.3 is 4.74 Å². The van der Waals surface area contributed by atoms with Crippen LogP contribution in [-0.2, 0) is 16.6 Å². The monoisotopic (exact) mass is 337 g/mol. The van der Waals surface area contributed by atoms with Crippen LogP contribution in [-0.4, -0.2) is 24.9 Å². The molecule has 0 amide bonds. The van der Waals surface area contributed by atoms with E-state index in [1.165, 1.54) is 17.4 Å². The predicted octanol–water partition coefficient (Wildman–Crippen LogP) is 2.19. The highest BCUT2D eigenvalue weighted by Gasteiger charge is 2.16. The van der Waals surface area contributed by atoms with Gasteiger partial charge in [-0.2, -0.15) is 0 Å². The van der Waals surface area contributed by atoms with Crippen LogP contribution >= 0.6 is 11.3 Å². The standard InChI is InChI=1S/C14H15N3O3S2/c1-10-7-12(3-4-13(10)20-2)22(18,19)15-8-11-9-17-5-6-21-14(17)16-11/h3-7,9,15H,8H2,1-2H3. The quantitative estimate of drug-likeness (QED) is 0.774. The zero-order chi connectivity index (χ0) is 15.7. The van der Waals surface area contributed by atoms with Gasteiger partial charge in [0.1, 0.15) is 5.75 Å². The molecule has 2 aromatic heterocycles. The van der Waals surface area contributed by atoms with E-state index in [0.29, 0.717) is 11.4 Å². The van der Waals surface area contributed by atoms with Crippen LogP contribution in [0, 0.1) is 6.92 Å². The molecule has 0 unspecified atom stereocenters. The third-order valence-corrected chi connectivity index (χ3v) is 5.43. The normalized spacial score (nSPS) is 11.9. The fraction of sp³-hybridized carbons (Fsp3) is 0.214. The van der Waals surface area contributed by atoms with Gasteiger partial charge in [-0.05, 0) is 30.7 Å². The van der Waals surface area contributed by atoms with Crippen LogP contribution in [0.5, 0.6) is 5.75 Å². The highest BCUT2D eigenvalue weighted by atomic mass is 32.2. The van der Waals surface area contributed by atoms with Crippen LogP contribution < -0.4 is 9.46 Å². The Hall–Kier alpha value is -1.90. The van der Waals surface area contributed by atoms with Crippen molar-refractivity contribution >= 4 is 26.3 Å². The average molecular weight is 337 g/mol. The van der Waals surface area contributed by atoms with Crippen molar-refractivity contribution in [2.24, 2.45) is 0 Å². The number of nitrogens with zero attached hydrogens (tertiary/aromatic N) is 2. The Morgan fingerprint density at radius 1 is 1.41 bits per heavy atom. The van der Waals surface area contributed by atoms with Crippen LogP contribution in [0.3, 0.4) is 0 Å². The lowest BCUT2D eigenvalue weighted by molar-refractivity contribution is 0.411. The van der Waals surface area contributed by atoms with Crippen molar-refractivity contribution in [3.05, 3.63) is 47.2 Å². The zero-order valence-electron chi connectivity index (χ0n) is 12.1. The molecular formula is C14H15N3O3S2. The van der Waals surface area contributed by atoms with Gasteiger partial charge in [0.25, 0.3) is 0 Å². The lowest BCUT2D eigenvalue weighted by Gasteiger charge is -2.09. The van der Waals surface area contributed by atoms with E-state index < -0.39 is 10.0 Å². The number of imidazole rings is 1. The molecule has 0 atom stereocenters. The number of fused-ring (bicyclic) bond motifs is 1. The number of ether oxygens (including phenoxy) is 1. The number of aromatic nitrogens is 2. The lowest BCUT2D eigenvalue weighted by atomic mass is 10.2. The van der Waals surface area contributed by atoms with Crippen molar-refractivity contribution in [3.63, 3.8) is 0 Å². The molecule has 2 heterocycles.